The number of benzene rings is 2. The van der Waals surface area contributed by atoms with E-state index in [9.17, 15) is 17.2 Å². The monoisotopic (exact) mass is 482 g/mol. The van der Waals surface area contributed by atoms with Gasteiger partial charge in [0.1, 0.15) is 23.3 Å². The number of amidine groups is 1. The molecule has 3 aromatic rings. The van der Waals surface area contributed by atoms with E-state index in [-0.39, 0.29) is 5.69 Å². The second kappa shape index (κ2) is 8.17. The summed E-state index contributed by atoms with van der Waals surface area (Å²) in [6, 6.07) is 7.82. The molecule has 0 unspecified atom stereocenters. The van der Waals surface area contributed by atoms with Crippen molar-refractivity contribution in [1.29, 1.82) is 0 Å². The molecule has 11 heteroatoms. The molecule has 174 valence electrons. The van der Waals surface area contributed by atoms with Gasteiger partial charge in [0.2, 0.25) is 5.95 Å². The molecule has 0 fully saturated rings. The first-order valence-corrected chi connectivity index (χ1v) is 11.9. The molecule has 1 aromatic heterocycles. The predicted molar refractivity (Wildman–Crippen MR) is 127 cm³/mol. The summed E-state index contributed by atoms with van der Waals surface area (Å²) >= 11 is 0. The zero-order valence-corrected chi connectivity index (χ0v) is 19.1. The molecule has 5 rings (SSSR count). The van der Waals surface area contributed by atoms with Crippen LogP contribution >= 0.6 is 0 Å². The third-order valence-electron chi connectivity index (χ3n) is 5.62. The lowest BCUT2D eigenvalue weighted by atomic mass is 9.94. The fourth-order valence-corrected chi connectivity index (χ4v) is 5.23. The normalized spacial score (nSPS) is 14.8. The molecule has 0 radical (unpaired) electrons. The van der Waals surface area contributed by atoms with Crippen LogP contribution in [0.2, 0.25) is 0 Å². The van der Waals surface area contributed by atoms with E-state index < -0.39 is 26.6 Å². The van der Waals surface area contributed by atoms with Gasteiger partial charge >= 0.3 is 0 Å². The van der Waals surface area contributed by atoms with Crippen molar-refractivity contribution in [1.82, 2.24) is 9.97 Å². The zero-order chi connectivity index (χ0) is 24.0. The van der Waals surface area contributed by atoms with E-state index in [0.717, 1.165) is 52.1 Å². The summed E-state index contributed by atoms with van der Waals surface area (Å²) in [6.45, 7) is 3.13. The Morgan fingerprint density at radius 1 is 1.12 bits per heavy atom. The van der Waals surface area contributed by atoms with Gasteiger partial charge < -0.3 is 10.2 Å². The number of aromatic nitrogens is 2. The van der Waals surface area contributed by atoms with Crippen molar-refractivity contribution in [2.24, 2.45) is 4.99 Å². The van der Waals surface area contributed by atoms with Crippen LogP contribution in [0, 0.1) is 18.6 Å². The smallest absolute Gasteiger partial charge is 0.267 e. The maximum Gasteiger partial charge on any atom is 0.267 e. The van der Waals surface area contributed by atoms with Crippen molar-refractivity contribution in [3.63, 3.8) is 0 Å². The average Bonchev–Trinajstić information content (AvgIpc) is 3.29. The van der Waals surface area contributed by atoms with E-state index in [4.69, 9.17) is 0 Å². The fraction of sp³-hybridized carbons (Fsp3) is 0.174. The lowest BCUT2D eigenvalue weighted by Gasteiger charge is -2.28. The molecule has 0 aliphatic carbocycles. The number of hydrogen-bond acceptors (Lipinski definition) is 7. The van der Waals surface area contributed by atoms with Crippen LogP contribution in [0.15, 0.2) is 52.5 Å². The molecule has 8 nitrogen and oxygen atoms in total. The molecule has 0 atom stereocenters. The second-order valence-corrected chi connectivity index (χ2v) is 9.44. The summed E-state index contributed by atoms with van der Waals surface area (Å²) in [4.78, 5) is 14.5. The Morgan fingerprint density at radius 2 is 1.88 bits per heavy atom. The van der Waals surface area contributed by atoms with Gasteiger partial charge in [-0.25, -0.2) is 22.2 Å². The molecular weight excluding hydrogens is 462 g/mol. The highest BCUT2D eigenvalue weighted by Gasteiger charge is 2.31. The van der Waals surface area contributed by atoms with Crippen molar-refractivity contribution < 1.29 is 17.2 Å². The minimum absolute atomic E-state index is 0.168. The lowest BCUT2D eigenvalue weighted by molar-refractivity contribution is 0.521. The van der Waals surface area contributed by atoms with Crippen molar-refractivity contribution in [3.8, 4) is 0 Å². The van der Waals surface area contributed by atoms with Crippen molar-refractivity contribution in [3.05, 3.63) is 70.9 Å². The van der Waals surface area contributed by atoms with Gasteiger partial charge in [-0.15, -0.1) is 0 Å². The summed E-state index contributed by atoms with van der Waals surface area (Å²) in [7, 11) is -2.75. The third kappa shape index (κ3) is 3.67. The lowest BCUT2D eigenvalue weighted by Crippen LogP contribution is -2.32. The van der Waals surface area contributed by atoms with Crippen molar-refractivity contribution >= 4 is 45.0 Å². The van der Waals surface area contributed by atoms with Crippen molar-refractivity contribution in [2.45, 2.75) is 11.8 Å². The van der Waals surface area contributed by atoms with Gasteiger partial charge in [-0.2, -0.15) is 4.98 Å². The predicted octanol–water partition coefficient (Wildman–Crippen LogP) is 3.68. The number of hydrogen-bond donors (Lipinski definition) is 2. The Morgan fingerprint density at radius 3 is 2.62 bits per heavy atom. The number of aryl methyl sites for hydroxylation is 1. The first-order chi connectivity index (χ1) is 16.3. The molecule has 0 amide bonds. The SMILES string of the molecule is CNc1ncc2c(n1)N1CCN=C1C(c1cc(NS(=O)(=O)c3c(F)cccc3F)ccc1C)=C2. The molecule has 0 saturated carbocycles. The molecule has 34 heavy (non-hydrogen) atoms. The van der Waals surface area contributed by atoms with E-state index in [1.54, 1.807) is 31.4 Å². The van der Waals surface area contributed by atoms with Gasteiger partial charge in [-0.3, -0.25) is 9.71 Å². The Balaban J connectivity index is 1.57. The van der Waals surface area contributed by atoms with Crippen LogP contribution in [0.3, 0.4) is 0 Å². The third-order valence-corrected chi connectivity index (χ3v) is 7.06. The van der Waals surface area contributed by atoms with Crippen LogP contribution in [-0.4, -0.2) is 44.4 Å². The number of fused-ring (bicyclic) bond motifs is 3. The summed E-state index contributed by atoms with van der Waals surface area (Å²) in [5.41, 5.74) is 3.34. The molecule has 0 saturated heterocycles. The van der Waals surface area contributed by atoms with Crippen LogP contribution in [0.4, 0.5) is 26.2 Å². The summed E-state index contributed by atoms with van der Waals surface area (Å²) in [6.07, 6.45) is 3.62. The molecular formula is C23H20F2N6O2S. The maximum absolute atomic E-state index is 14.1. The van der Waals surface area contributed by atoms with Gasteiger partial charge in [0, 0.05) is 36.6 Å². The average molecular weight is 483 g/mol. The number of aliphatic imine (C=N–C) groups is 1. The van der Waals surface area contributed by atoms with Crippen LogP contribution < -0.4 is 14.9 Å². The molecule has 2 aliphatic heterocycles. The van der Waals surface area contributed by atoms with Gasteiger partial charge in [0.15, 0.2) is 4.90 Å². The van der Waals surface area contributed by atoms with Gasteiger partial charge in [0.25, 0.3) is 10.0 Å². The molecule has 2 aliphatic rings. The minimum atomic E-state index is -4.50. The first-order valence-electron chi connectivity index (χ1n) is 10.4. The van der Waals surface area contributed by atoms with Gasteiger partial charge in [0.05, 0.1) is 6.54 Å². The largest absolute Gasteiger partial charge is 0.357 e. The molecule has 0 spiro atoms. The number of nitrogens with one attached hydrogen (secondary N) is 2. The highest BCUT2D eigenvalue weighted by atomic mass is 32.2. The minimum Gasteiger partial charge on any atom is -0.357 e. The molecule has 2 aromatic carbocycles. The maximum atomic E-state index is 14.1. The van der Waals surface area contributed by atoms with Crippen LogP contribution in [0.25, 0.3) is 11.6 Å². The Kier molecular flexibility index (Phi) is 5.28. The topological polar surface area (TPSA) is 99.6 Å². The number of sulfonamides is 1. The van der Waals surface area contributed by atoms with Crippen molar-refractivity contribution in [2.75, 3.05) is 35.1 Å². The first kappa shape index (κ1) is 22.0. The van der Waals surface area contributed by atoms with E-state index in [1.165, 1.54) is 0 Å². The van der Waals surface area contributed by atoms with E-state index in [2.05, 4.69) is 25.0 Å². The van der Waals surface area contributed by atoms with Crippen LogP contribution in [-0.2, 0) is 10.0 Å². The Hall–Kier alpha value is -3.86. The Labute approximate surface area is 195 Å². The number of halogens is 2. The Bertz CT molecular complexity index is 1470. The highest BCUT2D eigenvalue weighted by molar-refractivity contribution is 7.92. The zero-order valence-electron chi connectivity index (χ0n) is 18.3. The van der Waals surface area contributed by atoms with E-state index in [1.807, 2.05) is 17.9 Å². The quantitative estimate of drug-likeness (QED) is 0.576. The molecule has 3 heterocycles. The fourth-order valence-electron chi connectivity index (χ4n) is 4.04. The second-order valence-electron chi connectivity index (χ2n) is 7.82. The summed E-state index contributed by atoms with van der Waals surface area (Å²) < 4.78 is 56.1. The van der Waals surface area contributed by atoms with Gasteiger partial charge in [-0.05, 0) is 48.4 Å². The summed E-state index contributed by atoms with van der Waals surface area (Å²) in [5.74, 6) is -0.373. The van der Waals surface area contributed by atoms with Crippen LogP contribution in [0.5, 0.6) is 0 Å². The summed E-state index contributed by atoms with van der Waals surface area (Å²) in [5, 5.41) is 2.93. The van der Waals surface area contributed by atoms with E-state index >= 15 is 0 Å². The van der Waals surface area contributed by atoms with Crippen LogP contribution in [0.1, 0.15) is 16.7 Å². The van der Waals surface area contributed by atoms with E-state index in [0.29, 0.717) is 19.0 Å². The number of rotatable bonds is 5. The standard InChI is InChI=1S/C23H20F2N6O2S/c1-13-6-7-15(30-34(32,33)20-18(24)4-3-5-19(20)25)11-16(13)17-10-14-12-28-23(26-2)29-21(14)31-9-8-27-22(17)31/h3-7,10-12,30H,8-9H2,1-2H3,(H,26,28,29). The highest BCUT2D eigenvalue weighted by Crippen LogP contribution is 2.37. The number of nitrogens with zero attached hydrogens (tertiary/aromatic N) is 4. The molecule has 0 bridgehead atoms. The van der Waals surface area contributed by atoms with Gasteiger partial charge in [-0.1, -0.05) is 12.1 Å². The molecule has 2 N–H and O–H groups in total. The number of anilines is 3.